The molecule has 0 aliphatic carbocycles. The molecule has 1 saturated heterocycles. The Balaban J connectivity index is 0.000000437. The molecule has 19 nitrogen and oxygen atoms in total. The van der Waals surface area contributed by atoms with Crippen molar-refractivity contribution in [1.29, 1.82) is 0 Å². The number of nitrogens with two attached hydrogens (primary N) is 1. The van der Waals surface area contributed by atoms with E-state index in [9.17, 15) is 38.2 Å². The molecule has 1 fully saturated rings. The van der Waals surface area contributed by atoms with E-state index in [-0.39, 0.29) is 30.2 Å². The fourth-order valence-electron chi connectivity index (χ4n) is 4.73. The molecule has 3 heterocycles. The van der Waals surface area contributed by atoms with Gasteiger partial charge in [0.05, 0.1) is 26.0 Å². The SMILES string of the molecule is NOCCCCCCN1C(=O)C=CC1=O.O=C1C=CC(=O)N1CCCCCCO/N=C/C([18F])C(O)C(O)C(O)CO.OCC1OC(O)C([18F])C(O)C1O. The van der Waals surface area contributed by atoms with Crippen LogP contribution in [0.5, 0.6) is 0 Å². The van der Waals surface area contributed by atoms with Crippen LogP contribution in [-0.2, 0) is 33.6 Å². The van der Waals surface area contributed by atoms with Crippen LogP contribution in [0.1, 0.15) is 51.4 Å². The van der Waals surface area contributed by atoms with Gasteiger partial charge >= 0.3 is 0 Å². The summed E-state index contributed by atoms with van der Waals surface area (Å²) in [4.78, 5) is 56.6. The molecule has 0 aromatic rings. The van der Waals surface area contributed by atoms with Gasteiger partial charge in [0, 0.05) is 37.4 Å². The topological polar surface area (TPSA) is 303 Å². The maximum absolute atomic E-state index is 13.5. The second-order valence-electron chi connectivity index (χ2n) is 12.0. The lowest BCUT2D eigenvalue weighted by Gasteiger charge is -2.36. The molecule has 0 radical (unpaired) electrons. The number of imide groups is 2. The van der Waals surface area contributed by atoms with Gasteiger partial charge in [-0.1, -0.05) is 24.4 Å². The molecule has 0 aromatic heterocycles. The number of ether oxygens (including phenoxy) is 1. The summed E-state index contributed by atoms with van der Waals surface area (Å²) in [6, 6.07) is 0. The van der Waals surface area contributed by atoms with Crippen LogP contribution in [0, 0.1) is 0 Å². The number of halogens is 2. The lowest BCUT2D eigenvalue weighted by molar-refractivity contribution is -0.271. The van der Waals surface area contributed by atoms with E-state index >= 15 is 0 Å². The first kappa shape index (κ1) is 47.7. The Morgan fingerprint density at radius 1 is 0.774 bits per heavy atom. The largest absolute Gasteiger partial charge is 0.396 e. The van der Waals surface area contributed by atoms with Crippen LogP contribution in [0.15, 0.2) is 29.5 Å². The molecule has 304 valence electrons. The van der Waals surface area contributed by atoms with E-state index in [1.807, 2.05) is 0 Å². The summed E-state index contributed by atoms with van der Waals surface area (Å²) in [5, 5.41) is 75.1. The van der Waals surface area contributed by atoms with Crippen molar-refractivity contribution in [2.24, 2.45) is 11.1 Å². The van der Waals surface area contributed by atoms with Crippen molar-refractivity contribution in [3.8, 4) is 0 Å². The highest BCUT2D eigenvalue weighted by Gasteiger charge is 2.43. The molecular weight excluding hydrogens is 716 g/mol. The van der Waals surface area contributed by atoms with Crippen molar-refractivity contribution < 1.29 is 83.2 Å². The smallest absolute Gasteiger partial charge is 0.253 e. The predicted molar refractivity (Wildman–Crippen MR) is 178 cm³/mol. The Labute approximate surface area is 304 Å². The predicted octanol–water partition coefficient (Wildman–Crippen LogP) is -2.99. The third kappa shape index (κ3) is 17.1. The number of carbonyl (C=O) groups excluding carboxylic acids is 4. The number of aliphatic hydroxyl groups excluding tert-OH is 8. The molecule has 21 heteroatoms. The summed E-state index contributed by atoms with van der Waals surface area (Å²) in [6.07, 6.45) is -3.34. The second kappa shape index (κ2) is 26.4. The molecule has 4 amide bonds. The van der Waals surface area contributed by atoms with Crippen LogP contribution in [0.4, 0.5) is 8.78 Å². The number of oxime groups is 1. The van der Waals surface area contributed by atoms with Gasteiger partial charge in [-0.15, -0.1) is 0 Å². The van der Waals surface area contributed by atoms with Gasteiger partial charge in [-0.2, -0.15) is 0 Å². The fraction of sp³-hybridized carbons (Fsp3) is 0.719. The molecule has 3 rings (SSSR count). The Morgan fingerprint density at radius 2 is 1.25 bits per heavy atom. The standard InChI is InChI=1S/C16H25FN2O7.C10H16N2O3.C6H11FO5/c17-11(15(24)16(25)12(21)10-20)9-18-26-8-4-2-1-3-7-19-13(22)5-6-14(19)23;11-15-8-4-2-1-3-7-12-9(13)5-6-10(12)14;7-3-5(10)4(9)2(1-8)12-6(3)11/h5-6,9,11-12,15-16,20-21,24-25H,1-4,7-8,10H2;5-6H,1-4,7-8,11H2;2-6,8-11H,1H2/b18-9+;;/i17-1;;7-1. The maximum atomic E-state index is 13.5. The number of hydrogen-bond acceptors (Lipinski definition) is 17. The summed E-state index contributed by atoms with van der Waals surface area (Å²) in [5.74, 6) is 3.87. The van der Waals surface area contributed by atoms with Crippen LogP contribution in [0.2, 0.25) is 0 Å². The summed E-state index contributed by atoms with van der Waals surface area (Å²) < 4.78 is 30.6. The third-order valence-corrected chi connectivity index (χ3v) is 7.92. The van der Waals surface area contributed by atoms with E-state index in [0.29, 0.717) is 38.8 Å². The van der Waals surface area contributed by atoms with Gasteiger partial charge in [0.1, 0.15) is 43.2 Å². The molecule has 53 heavy (non-hydrogen) atoms. The van der Waals surface area contributed by atoms with Crippen molar-refractivity contribution in [2.75, 3.05) is 39.5 Å². The summed E-state index contributed by atoms with van der Waals surface area (Å²) >= 11 is 0. The van der Waals surface area contributed by atoms with Crippen LogP contribution in [-0.4, -0.2) is 175 Å². The lowest BCUT2D eigenvalue weighted by atomic mass is 10.0. The molecule has 0 spiro atoms. The minimum absolute atomic E-state index is 0.203. The van der Waals surface area contributed by atoms with Crippen LogP contribution in [0.25, 0.3) is 0 Å². The molecule has 0 aromatic carbocycles. The number of nitrogens with zero attached hydrogens (tertiary/aromatic N) is 3. The first-order chi connectivity index (χ1) is 25.2. The van der Waals surface area contributed by atoms with Crippen molar-refractivity contribution in [2.45, 2.75) is 107 Å². The molecule has 3 aliphatic rings. The zero-order chi connectivity index (χ0) is 39.9. The van der Waals surface area contributed by atoms with Gasteiger partial charge in [0.2, 0.25) is 0 Å². The highest BCUT2D eigenvalue weighted by atomic mass is 18.2. The van der Waals surface area contributed by atoms with E-state index in [0.717, 1.165) is 38.5 Å². The monoisotopic (exact) mass is 768 g/mol. The van der Waals surface area contributed by atoms with Gasteiger partial charge < -0.3 is 55.3 Å². The van der Waals surface area contributed by atoms with Gasteiger partial charge in [0.15, 0.2) is 18.6 Å². The zero-order valence-corrected chi connectivity index (χ0v) is 29.1. The normalized spacial score (nSPS) is 24.9. The van der Waals surface area contributed by atoms with Gasteiger partial charge in [-0.3, -0.25) is 29.0 Å². The average molecular weight is 769 g/mol. The van der Waals surface area contributed by atoms with Gasteiger partial charge in [-0.05, 0) is 32.1 Å². The Bertz CT molecular complexity index is 1160. The number of carbonyl (C=O) groups is 4. The molecule has 9 unspecified atom stereocenters. The van der Waals surface area contributed by atoms with Gasteiger partial charge in [0.25, 0.3) is 23.6 Å². The van der Waals surface area contributed by atoms with Crippen molar-refractivity contribution >= 4 is 29.8 Å². The second-order valence-corrected chi connectivity index (χ2v) is 12.0. The van der Waals surface area contributed by atoms with E-state index in [1.54, 1.807) is 0 Å². The van der Waals surface area contributed by atoms with Crippen LogP contribution in [0.3, 0.4) is 0 Å². The quantitative estimate of drug-likeness (QED) is 0.0243. The number of rotatable bonds is 21. The Kier molecular flexibility index (Phi) is 23.8. The molecular formula is C32H52F2N4O15. The van der Waals surface area contributed by atoms with Crippen molar-refractivity contribution in [3.05, 3.63) is 24.3 Å². The number of unbranched alkanes of at least 4 members (excludes halogenated alkanes) is 6. The minimum atomic E-state index is -2.06. The molecule has 10 N–H and O–H groups in total. The van der Waals surface area contributed by atoms with Crippen LogP contribution < -0.4 is 5.90 Å². The molecule has 0 bridgehead atoms. The van der Waals surface area contributed by atoms with E-state index in [2.05, 4.69) is 14.7 Å². The number of hydrogen-bond donors (Lipinski definition) is 9. The summed E-state index contributed by atoms with van der Waals surface area (Å²) in [5.41, 5.74) is 0. The number of amides is 4. The highest BCUT2D eigenvalue weighted by Crippen LogP contribution is 2.21. The third-order valence-electron chi connectivity index (χ3n) is 7.92. The fourth-order valence-corrected chi connectivity index (χ4v) is 4.73. The van der Waals surface area contributed by atoms with E-state index in [4.69, 9.17) is 41.4 Å². The molecule has 0 saturated carbocycles. The summed E-state index contributed by atoms with van der Waals surface area (Å²) in [6.45, 7) is 0.256. The highest BCUT2D eigenvalue weighted by molar-refractivity contribution is 6.13. The van der Waals surface area contributed by atoms with E-state index < -0.39 is 68.5 Å². The first-order valence-corrected chi connectivity index (χ1v) is 17.0. The van der Waals surface area contributed by atoms with Crippen LogP contribution >= 0.6 is 0 Å². The van der Waals surface area contributed by atoms with E-state index in [1.165, 1.54) is 34.1 Å². The zero-order valence-electron chi connectivity index (χ0n) is 29.1. The summed E-state index contributed by atoms with van der Waals surface area (Å²) in [7, 11) is 0. The first-order valence-electron chi connectivity index (χ1n) is 17.0. The lowest BCUT2D eigenvalue weighted by Crippen LogP contribution is -2.56. The number of alkyl halides is 2. The van der Waals surface area contributed by atoms with Crippen molar-refractivity contribution in [1.82, 2.24) is 9.80 Å². The average Bonchev–Trinajstić information content (AvgIpc) is 3.65. The molecule has 3 aliphatic heterocycles. The number of aliphatic hydroxyl groups is 8. The Morgan fingerprint density at radius 3 is 1.70 bits per heavy atom. The molecule has 9 atom stereocenters. The maximum Gasteiger partial charge on any atom is 0.253 e. The Hall–Kier alpha value is -3.35. The van der Waals surface area contributed by atoms with Crippen molar-refractivity contribution in [3.63, 3.8) is 0 Å². The minimum Gasteiger partial charge on any atom is -0.396 e. The van der Waals surface area contributed by atoms with Gasteiger partial charge in [-0.25, -0.2) is 14.7 Å².